The average molecular weight is 437 g/mol. The second kappa shape index (κ2) is 10.9. The number of thiocarbonyl (C=S) groups is 1. The number of benzene rings is 2. The summed E-state index contributed by atoms with van der Waals surface area (Å²) in [6, 6.07) is 10.3. The predicted octanol–water partition coefficient (Wildman–Crippen LogP) is 4.20. The zero-order valence-corrected chi connectivity index (χ0v) is 18.4. The maximum atomic E-state index is 12.4. The number of hydrogen-bond donors (Lipinski definition) is 2. The number of carbonyl (C=O) groups is 1. The molecule has 2 rings (SSSR count). The van der Waals surface area contributed by atoms with Gasteiger partial charge in [-0.3, -0.25) is 10.1 Å². The molecule has 0 aromatic heterocycles. The van der Waals surface area contributed by atoms with Gasteiger partial charge >= 0.3 is 0 Å². The molecule has 29 heavy (non-hydrogen) atoms. The number of amides is 1. The maximum absolute atomic E-state index is 12.4. The SMILES string of the molecule is COc1cc(Cl)c(CNC(=S)NC(=O)c2ccc(OCC(C)C)cc2)cc1OC. The molecule has 0 aliphatic rings. The number of hydrogen-bond acceptors (Lipinski definition) is 5. The lowest BCUT2D eigenvalue weighted by Gasteiger charge is -2.14. The van der Waals surface area contributed by atoms with Crippen molar-refractivity contribution in [1.29, 1.82) is 0 Å². The van der Waals surface area contributed by atoms with E-state index in [1.807, 2.05) is 0 Å². The van der Waals surface area contributed by atoms with Crippen molar-refractivity contribution in [3.8, 4) is 17.2 Å². The van der Waals surface area contributed by atoms with Crippen molar-refractivity contribution in [2.24, 2.45) is 5.92 Å². The molecule has 0 aliphatic carbocycles. The average Bonchev–Trinajstić information content (AvgIpc) is 2.71. The first kappa shape index (κ1) is 22.8. The summed E-state index contributed by atoms with van der Waals surface area (Å²) in [7, 11) is 3.09. The van der Waals surface area contributed by atoms with Gasteiger partial charge in [-0.25, -0.2) is 0 Å². The Bertz CT molecular complexity index is 857. The van der Waals surface area contributed by atoms with Crippen molar-refractivity contribution in [2.45, 2.75) is 20.4 Å². The van der Waals surface area contributed by atoms with Crippen LogP contribution in [0.15, 0.2) is 36.4 Å². The van der Waals surface area contributed by atoms with Crippen molar-refractivity contribution in [3.05, 3.63) is 52.5 Å². The Morgan fingerprint density at radius 2 is 1.72 bits per heavy atom. The molecule has 8 heteroatoms. The van der Waals surface area contributed by atoms with E-state index < -0.39 is 0 Å². The lowest BCUT2D eigenvalue weighted by atomic mass is 10.2. The van der Waals surface area contributed by atoms with Gasteiger partial charge in [0.1, 0.15) is 5.75 Å². The van der Waals surface area contributed by atoms with Gasteiger partial charge in [-0.1, -0.05) is 25.4 Å². The molecule has 156 valence electrons. The topological polar surface area (TPSA) is 68.8 Å². The second-order valence-corrected chi connectivity index (χ2v) is 7.48. The van der Waals surface area contributed by atoms with E-state index in [0.717, 1.165) is 11.3 Å². The summed E-state index contributed by atoms with van der Waals surface area (Å²) in [6.07, 6.45) is 0. The van der Waals surface area contributed by atoms with Crippen molar-refractivity contribution in [2.75, 3.05) is 20.8 Å². The fourth-order valence-electron chi connectivity index (χ4n) is 2.39. The Morgan fingerprint density at radius 1 is 1.10 bits per heavy atom. The number of carbonyl (C=O) groups excluding carboxylic acids is 1. The lowest BCUT2D eigenvalue weighted by Crippen LogP contribution is -2.38. The summed E-state index contributed by atoms with van der Waals surface area (Å²) in [6.45, 7) is 5.09. The van der Waals surface area contributed by atoms with Gasteiger partial charge in [-0.05, 0) is 54.0 Å². The van der Waals surface area contributed by atoms with Crippen LogP contribution >= 0.6 is 23.8 Å². The molecule has 2 aromatic carbocycles. The minimum atomic E-state index is -0.309. The van der Waals surface area contributed by atoms with E-state index in [1.54, 1.807) is 50.6 Å². The molecular weight excluding hydrogens is 412 g/mol. The number of ether oxygens (including phenoxy) is 3. The van der Waals surface area contributed by atoms with E-state index in [0.29, 0.717) is 41.2 Å². The maximum Gasteiger partial charge on any atom is 0.257 e. The summed E-state index contributed by atoms with van der Waals surface area (Å²) in [4.78, 5) is 12.4. The molecule has 1 amide bonds. The van der Waals surface area contributed by atoms with E-state index in [2.05, 4.69) is 24.5 Å². The summed E-state index contributed by atoms with van der Waals surface area (Å²) in [5.41, 5.74) is 1.24. The molecule has 0 heterocycles. The van der Waals surface area contributed by atoms with Gasteiger partial charge in [0.25, 0.3) is 5.91 Å². The molecule has 0 fully saturated rings. The van der Waals surface area contributed by atoms with E-state index >= 15 is 0 Å². The second-order valence-electron chi connectivity index (χ2n) is 6.66. The van der Waals surface area contributed by atoms with E-state index in [1.165, 1.54) is 0 Å². The lowest BCUT2D eigenvalue weighted by molar-refractivity contribution is 0.0976. The van der Waals surface area contributed by atoms with E-state index in [-0.39, 0.29) is 11.0 Å². The molecule has 0 saturated heterocycles. The third-order valence-corrected chi connectivity index (χ3v) is 4.52. The molecule has 0 saturated carbocycles. The van der Waals surface area contributed by atoms with Crippen LogP contribution in [0.3, 0.4) is 0 Å². The Hall–Kier alpha value is -2.51. The Balaban J connectivity index is 1.91. The Kier molecular flexibility index (Phi) is 8.54. The van der Waals surface area contributed by atoms with Crippen LogP contribution in [-0.2, 0) is 6.54 Å². The molecule has 6 nitrogen and oxygen atoms in total. The van der Waals surface area contributed by atoms with Crippen LogP contribution in [0.4, 0.5) is 0 Å². The molecule has 0 radical (unpaired) electrons. The molecule has 0 aliphatic heterocycles. The highest BCUT2D eigenvalue weighted by atomic mass is 35.5. The molecule has 0 atom stereocenters. The quantitative estimate of drug-likeness (QED) is 0.604. The summed E-state index contributed by atoms with van der Waals surface area (Å²) < 4.78 is 16.1. The zero-order chi connectivity index (χ0) is 21.4. The van der Waals surface area contributed by atoms with Crippen LogP contribution in [0.5, 0.6) is 17.2 Å². The minimum absolute atomic E-state index is 0.195. The van der Waals surface area contributed by atoms with Gasteiger partial charge in [0.15, 0.2) is 16.6 Å². The van der Waals surface area contributed by atoms with E-state index in [4.69, 9.17) is 38.0 Å². The monoisotopic (exact) mass is 436 g/mol. The minimum Gasteiger partial charge on any atom is -0.493 e. The smallest absolute Gasteiger partial charge is 0.257 e. The Morgan fingerprint density at radius 3 is 2.31 bits per heavy atom. The van der Waals surface area contributed by atoms with Gasteiger partial charge < -0.3 is 19.5 Å². The van der Waals surface area contributed by atoms with Crippen LogP contribution in [-0.4, -0.2) is 31.8 Å². The fraction of sp³-hybridized carbons (Fsp3) is 0.333. The predicted molar refractivity (Wildman–Crippen MR) is 118 cm³/mol. The fourth-order valence-corrected chi connectivity index (χ4v) is 2.78. The normalized spacial score (nSPS) is 10.4. The van der Waals surface area contributed by atoms with Gasteiger partial charge in [-0.2, -0.15) is 0 Å². The summed E-state index contributed by atoms with van der Waals surface area (Å²) in [5.74, 6) is 1.94. The van der Waals surface area contributed by atoms with Crippen molar-refractivity contribution in [3.63, 3.8) is 0 Å². The van der Waals surface area contributed by atoms with Crippen molar-refractivity contribution < 1.29 is 19.0 Å². The number of halogens is 1. The van der Waals surface area contributed by atoms with Gasteiger partial charge in [0.2, 0.25) is 0 Å². The molecule has 0 bridgehead atoms. The first-order valence-corrected chi connectivity index (χ1v) is 9.85. The van der Waals surface area contributed by atoms with Crippen LogP contribution in [0.25, 0.3) is 0 Å². The highest BCUT2D eigenvalue weighted by molar-refractivity contribution is 7.80. The van der Waals surface area contributed by atoms with E-state index in [9.17, 15) is 4.79 Å². The summed E-state index contributed by atoms with van der Waals surface area (Å²) >= 11 is 11.5. The third-order valence-electron chi connectivity index (χ3n) is 3.92. The van der Waals surface area contributed by atoms with Crippen molar-refractivity contribution >= 4 is 34.8 Å². The van der Waals surface area contributed by atoms with Crippen LogP contribution < -0.4 is 24.8 Å². The number of rotatable bonds is 8. The molecular formula is C21H25ClN2O4S. The van der Waals surface area contributed by atoms with Crippen LogP contribution in [0.1, 0.15) is 29.8 Å². The molecule has 2 aromatic rings. The third kappa shape index (κ3) is 6.80. The van der Waals surface area contributed by atoms with Gasteiger partial charge in [-0.15, -0.1) is 0 Å². The highest BCUT2D eigenvalue weighted by Crippen LogP contribution is 2.32. The standard InChI is InChI=1S/C21H25ClN2O4S/c1-13(2)12-28-16-7-5-14(6-8-16)20(25)24-21(29)23-11-15-9-18(26-3)19(27-4)10-17(15)22/h5-10,13H,11-12H2,1-4H3,(H2,23,24,25,29). The number of nitrogens with one attached hydrogen (secondary N) is 2. The molecule has 0 unspecified atom stereocenters. The molecule has 2 N–H and O–H groups in total. The molecule has 0 spiro atoms. The van der Waals surface area contributed by atoms with Crippen molar-refractivity contribution in [1.82, 2.24) is 10.6 Å². The first-order chi connectivity index (χ1) is 13.8. The largest absolute Gasteiger partial charge is 0.493 e. The van der Waals surface area contributed by atoms with Crippen LogP contribution in [0.2, 0.25) is 5.02 Å². The Labute approximate surface area is 181 Å². The highest BCUT2D eigenvalue weighted by Gasteiger charge is 2.12. The summed E-state index contributed by atoms with van der Waals surface area (Å²) in [5, 5.41) is 6.31. The van der Waals surface area contributed by atoms with Crippen LogP contribution in [0, 0.1) is 5.92 Å². The zero-order valence-electron chi connectivity index (χ0n) is 16.9. The first-order valence-electron chi connectivity index (χ1n) is 9.06. The van der Waals surface area contributed by atoms with Gasteiger partial charge in [0, 0.05) is 23.2 Å². The number of methoxy groups -OCH3 is 2. The van der Waals surface area contributed by atoms with Gasteiger partial charge in [0.05, 0.1) is 20.8 Å².